The van der Waals surface area contributed by atoms with E-state index in [0.29, 0.717) is 6.61 Å². The van der Waals surface area contributed by atoms with Crippen LogP contribution in [0.2, 0.25) is 0 Å². The summed E-state index contributed by atoms with van der Waals surface area (Å²) in [6.07, 6.45) is 4.40. The van der Waals surface area contributed by atoms with Gasteiger partial charge in [-0.2, -0.15) is 0 Å². The smallest absolute Gasteiger partial charge is 0.330 e. The Kier molecular flexibility index (Phi) is 17.8. The first kappa shape index (κ1) is 28.1. The van der Waals surface area contributed by atoms with Gasteiger partial charge in [0.2, 0.25) is 0 Å². The van der Waals surface area contributed by atoms with Gasteiger partial charge in [-0.3, -0.25) is 0 Å². The third-order valence-electron chi connectivity index (χ3n) is 3.99. The highest BCUT2D eigenvalue weighted by Crippen LogP contribution is 2.19. The minimum atomic E-state index is -1.16. The zero-order chi connectivity index (χ0) is 21.2. The van der Waals surface area contributed by atoms with Crippen molar-refractivity contribution in [1.82, 2.24) is 0 Å². The number of ether oxygens (including phenoxy) is 2. The molecular weight excluding hydrogens is 360 g/mol. The zero-order valence-corrected chi connectivity index (χ0v) is 16.2. The fourth-order valence-electron chi connectivity index (χ4n) is 1.64. The second-order valence-electron chi connectivity index (χ2n) is 6.52. The molecule has 0 aliphatic carbocycles. The van der Waals surface area contributed by atoms with Crippen molar-refractivity contribution in [2.45, 2.75) is 26.2 Å². The Morgan fingerprint density at radius 1 is 0.852 bits per heavy atom. The molecule has 0 aromatic carbocycles. The Morgan fingerprint density at radius 3 is 1.56 bits per heavy atom. The first-order valence-corrected chi connectivity index (χ1v) is 8.90. The van der Waals surface area contributed by atoms with Crippen LogP contribution in [0, 0.1) is 10.8 Å². The molecule has 0 heterocycles. The number of aliphatic hydroxyl groups excluding tert-OH is 6. The molecule has 0 bridgehead atoms. The van der Waals surface area contributed by atoms with Crippen molar-refractivity contribution in [2.75, 3.05) is 59.5 Å². The molecule has 0 rings (SSSR count). The maximum Gasteiger partial charge on any atom is 0.330 e. The molecule has 0 aromatic heterocycles. The van der Waals surface area contributed by atoms with Crippen LogP contribution >= 0.6 is 0 Å². The SMILES string of the molecule is C=CC(=O)OCCCCC.OCC(CO)(CO)COCC(CO)(CO)CO. The minimum absolute atomic E-state index is 0.141. The van der Waals surface area contributed by atoms with E-state index in [1.54, 1.807) is 0 Å². The first-order valence-electron chi connectivity index (χ1n) is 8.90. The quantitative estimate of drug-likeness (QED) is 0.114. The molecule has 0 radical (unpaired) electrons. The van der Waals surface area contributed by atoms with Crippen molar-refractivity contribution in [1.29, 1.82) is 0 Å². The maximum atomic E-state index is 10.4. The van der Waals surface area contributed by atoms with E-state index in [9.17, 15) is 4.79 Å². The first-order chi connectivity index (χ1) is 12.9. The monoisotopic (exact) mass is 396 g/mol. The minimum Gasteiger partial charge on any atom is -0.463 e. The van der Waals surface area contributed by atoms with Gasteiger partial charge < -0.3 is 40.1 Å². The van der Waals surface area contributed by atoms with Gasteiger partial charge in [-0.15, -0.1) is 0 Å². The number of aliphatic hydroxyl groups is 6. The molecule has 0 saturated heterocycles. The number of esters is 1. The Labute approximate surface area is 160 Å². The van der Waals surface area contributed by atoms with Gasteiger partial charge in [0.25, 0.3) is 0 Å². The summed E-state index contributed by atoms with van der Waals surface area (Å²) >= 11 is 0. The van der Waals surface area contributed by atoms with E-state index in [4.69, 9.17) is 40.1 Å². The fourth-order valence-corrected chi connectivity index (χ4v) is 1.64. The summed E-state index contributed by atoms with van der Waals surface area (Å²) in [6, 6.07) is 0. The highest BCUT2D eigenvalue weighted by atomic mass is 16.5. The Morgan fingerprint density at radius 2 is 1.26 bits per heavy atom. The number of hydrogen-bond acceptors (Lipinski definition) is 9. The predicted molar refractivity (Wildman–Crippen MR) is 98.9 cm³/mol. The summed E-state index contributed by atoms with van der Waals surface area (Å²) in [5.41, 5.74) is -2.32. The molecular formula is C18H36O9. The van der Waals surface area contributed by atoms with Gasteiger partial charge in [-0.05, 0) is 6.42 Å². The van der Waals surface area contributed by atoms with Crippen LogP contribution in [0.1, 0.15) is 26.2 Å². The van der Waals surface area contributed by atoms with Crippen molar-refractivity contribution >= 4 is 5.97 Å². The lowest BCUT2D eigenvalue weighted by molar-refractivity contribution is -0.137. The van der Waals surface area contributed by atoms with Crippen molar-refractivity contribution < 1.29 is 44.9 Å². The van der Waals surface area contributed by atoms with Gasteiger partial charge in [0.15, 0.2) is 0 Å². The van der Waals surface area contributed by atoms with E-state index in [-0.39, 0.29) is 19.2 Å². The van der Waals surface area contributed by atoms with E-state index in [1.807, 2.05) is 0 Å². The lowest BCUT2D eigenvalue weighted by atomic mass is 9.91. The second-order valence-corrected chi connectivity index (χ2v) is 6.52. The van der Waals surface area contributed by atoms with Crippen LogP contribution in [0.3, 0.4) is 0 Å². The molecule has 9 nitrogen and oxygen atoms in total. The highest BCUT2D eigenvalue weighted by Gasteiger charge is 2.32. The number of rotatable bonds is 15. The topological polar surface area (TPSA) is 157 Å². The van der Waals surface area contributed by atoms with Crippen molar-refractivity contribution in [3.8, 4) is 0 Å². The molecule has 0 saturated carbocycles. The van der Waals surface area contributed by atoms with E-state index in [1.165, 1.54) is 6.08 Å². The van der Waals surface area contributed by atoms with Gasteiger partial charge in [-0.1, -0.05) is 26.3 Å². The molecule has 0 aliphatic rings. The van der Waals surface area contributed by atoms with Crippen LogP contribution in [-0.4, -0.2) is 96.1 Å². The average molecular weight is 396 g/mol. The van der Waals surface area contributed by atoms with Crippen LogP contribution < -0.4 is 0 Å². The zero-order valence-electron chi connectivity index (χ0n) is 16.2. The van der Waals surface area contributed by atoms with Crippen LogP contribution in [0.15, 0.2) is 12.7 Å². The van der Waals surface area contributed by atoms with Gasteiger partial charge in [0, 0.05) is 6.08 Å². The molecule has 6 N–H and O–H groups in total. The molecule has 9 heteroatoms. The van der Waals surface area contributed by atoms with Gasteiger partial charge >= 0.3 is 5.97 Å². The normalized spacial score (nSPS) is 11.5. The number of carbonyl (C=O) groups excluding carboxylic acids is 1. The molecule has 27 heavy (non-hydrogen) atoms. The largest absolute Gasteiger partial charge is 0.463 e. The summed E-state index contributed by atoms with van der Waals surface area (Å²) in [4.78, 5) is 10.4. The number of carbonyl (C=O) groups is 1. The summed E-state index contributed by atoms with van der Waals surface area (Å²) in [5, 5.41) is 54.2. The third-order valence-corrected chi connectivity index (χ3v) is 3.99. The number of unbranched alkanes of at least 4 members (excludes halogenated alkanes) is 2. The van der Waals surface area contributed by atoms with Crippen LogP contribution in [0.25, 0.3) is 0 Å². The van der Waals surface area contributed by atoms with Gasteiger partial charge in [0.05, 0.1) is 70.3 Å². The molecule has 0 aliphatic heterocycles. The van der Waals surface area contributed by atoms with Crippen molar-refractivity contribution in [3.63, 3.8) is 0 Å². The average Bonchev–Trinajstić information content (AvgIpc) is 2.73. The fraction of sp³-hybridized carbons (Fsp3) is 0.833. The lowest BCUT2D eigenvalue weighted by Crippen LogP contribution is -2.43. The standard InChI is InChI=1S/C10H22O7.C8H14O2/c11-1-9(2-12,3-13)7-17-8-10(4-14,5-15)6-16;1-3-5-6-7-10-8(9)4-2/h11-16H,1-8H2;4H,2-3,5-7H2,1H3. The van der Waals surface area contributed by atoms with Crippen LogP contribution in [0.4, 0.5) is 0 Å². The third kappa shape index (κ3) is 12.1. The maximum absolute atomic E-state index is 10.4. The van der Waals surface area contributed by atoms with Crippen molar-refractivity contribution in [3.05, 3.63) is 12.7 Å². The predicted octanol–water partition coefficient (Wildman–Crippen LogP) is -1.16. The molecule has 162 valence electrons. The van der Waals surface area contributed by atoms with Crippen LogP contribution in [0.5, 0.6) is 0 Å². The molecule has 0 aromatic rings. The van der Waals surface area contributed by atoms with E-state index < -0.39 is 50.5 Å². The van der Waals surface area contributed by atoms with Crippen LogP contribution in [-0.2, 0) is 14.3 Å². The highest BCUT2D eigenvalue weighted by molar-refractivity contribution is 5.81. The molecule has 0 amide bonds. The number of hydrogen-bond donors (Lipinski definition) is 6. The summed E-state index contributed by atoms with van der Waals surface area (Å²) < 4.78 is 9.89. The Hall–Kier alpha value is -1.07. The van der Waals surface area contributed by atoms with Crippen molar-refractivity contribution in [2.24, 2.45) is 10.8 Å². The summed E-state index contributed by atoms with van der Waals surface area (Å²) in [6.45, 7) is 2.91. The van der Waals surface area contributed by atoms with E-state index in [0.717, 1.165) is 19.3 Å². The summed E-state index contributed by atoms with van der Waals surface area (Å²) in [5.74, 6) is -0.323. The van der Waals surface area contributed by atoms with Gasteiger partial charge in [-0.25, -0.2) is 4.79 Å². The molecule has 0 spiro atoms. The van der Waals surface area contributed by atoms with E-state index >= 15 is 0 Å². The van der Waals surface area contributed by atoms with Gasteiger partial charge in [0.1, 0.15) is 0 Å². The molecule has 0 fully saturated rings. The molecule has 0 unspecified atom stereocenters. The summed E-state index contributed by atoms with van der Waals surface area (Å²) in [7, 11) is 0. The van der Waals surface area contributed by atoms with E-state index in [2.05, 4.69) is 13.5 Å². The Balaban J connectivity index is 0. The Bertz CT molecular complexity index is 329. The molecule has 0 atom stereocenters. The second kappa shape index (κ2) is 17.1. The lowest BCUT2D eigenvalue weighted by Gasteiger charge is -2.31.